The molecule has 2 aromatic rings. The molecular weight excluding hydrogens is 330 g/mol. The average Bonchev–Trinajstić information content (AvgIpc) is 2.97. The highest BCUT2D eigenvalue weighted by atomic mass is 16.3. The normalized spacial score (nSPS) is 19.7. The molecule has 1 atom stereocenters. The summed E-state index contributed by atoms with van der Waals surface area (Å²) in [5.74, 6) is 0.0232. The van der Waals surface area contributed by atoms with E-state index in [1.54, 1.807) is 36.2 Å². The van der Waals surface area contributed by atoms with Crippen molar-refractivity contribution in [2.24, 2.45) is 0 Å². The summed E-state index contributed by atoms with van der Waals surface area (Å²) >= 11 is 0. The van der Waals surface area contributed by atoms with Crippen molar-refractivity contribution in [1.82, 2.24) is 10.2 Å². The molecule has 26 heavy (non-hydrogen) atoms. The zero-order valence-corrected chi connectivity index (χ0v) is 14.6. The Hall–Kier alpha value is -3.28. The number of rotatable bonds is 2. The summed E-state index contributed by atoms with van der Waals surface area (Å²) in [5, 5.41) is 12.4. The van der Waals surface area contributed by atoms with Crippen molar-refractivity contribution in [2.45, 2.75) is 13.0 Å². The number of amides is 3. The molecule has 0 spiro atoms. The molecule has 2 aliphatic rings. The molecule has 6 heteroatoms. The van der Waals surface area contributed by atoms with Gasteiger partial charge in [-0.15, -0.1) is 0 Å². The number of aryl methyl sites for hydroxylation is 1. The van der Waals surface area contributed by atoms with Gasteiger partial charge in [-0.1, -0.05) is 29.8 Å². The molecule has 0 radical (unpaired) electrons. The first-order valence-corrected chi connectivity index (χ1v) is 8.40. The van der Waals surface area contributed by atoms with Gasteiger partial charge in [-0.25, -0.2) is 4.79 Å². The molecule has 0 bridgehead atoms. The minimum Gasteiger partial charge on any atom is -0.508 e. The van der Waals surface area contributed by atoms with Crippen LogP contribution in [0.25, 0.3) is 0 Å². The number of urea groups is 1. The summed E-state index contributed by atoms with van der Waals surface area (Å²) in [6, 6.07) is 13.5. The second-order valence-corrected chi connectivity index (χ2v) is 6.62. The van der Waals surface area contributed by atoms with E-state index < -0.39 is 6.04 Å². The SMILES string of the molecule is Cc1ccc(N2CC3=C(C2=O)[C@@H](c2ccc(O)cc2)NC(=O)N3C)cc1. The molecule has 2 heterocycles. The van der Waals surface area contributed by atoms with Crippen molar-refractivity contribution in [1.29, 1.82) is 0 Å². The lowest BCUT2D eigenvalue weighted by atomic mass is 9.95. The van der Waals surface area contributed by atoms with Crippen LogP contribution in [0, 0.1) is 6.92 Å². The van der Waals surface area contributed by atoms with Gasteiger partial charge in [0.05, 0.1) is 23.9 Å². The fourth-order valence-corrected chi connectivity index (χ4v) is 3.42. The van der Waals surface area contributed by atoms with Gasteiger partial charge in [-0.05, 0) is 36.8 Å². The van der Waals surface area contributed by atoms with Crippen molar-refractivity contribution in [3.05, 3.63) is 70.9 Å². The van der Waals surface area contributed by atoms with Crippen LogP contribution in [-0.4, -0.2) is 35.5 Å². The molecule has 6 nitrogen and oxygen atoms in total. The number of carbonyl (C=O) groups is 2. The predicted molar refractivity (Wildman–Crippen MR) is 97.7 cm³/mol. The summed E-state index contributed by atoms with van der Waals surface area (Å²) in [7, 11) is 1.67. The third-order valence-corrected chi connectivity index (χ3v) is 4.93. The Bertz CT molecular complexity index is 916. The van der Waals surface area contributed by atoms with E-state index in [0.29, 0.717) is 17.8 Å². The molecule has 0 saturated heterocycles. The Morgan fingerprint density at radius 3 is 2.35 bits per heavy atom. The summed E-state index contributed by atoms with van der Waals surface area (Å²) < 4.78 is 0. The highest BCUT2D eigenvalue weighted by Gasteiger charge is 2.43. The van der Waals surface area contributed by atoms with Crippen molar-refractivity contribution in [2.75, 3.05) is 18.5 Å². The molecule has 3 amide bonds. The van der Waals surface area contributed by atoms with Crippen LogP contribution in [0.2, 0.25) is 0 Å². The molecule has 0 unspecified atom stereocenters. The summed E-state index contributed by atoms with van der Waals surface area (Å²) in [5.41, 5.74) is 3.96. The van der Waals surface area contributed by atoms with Gasteiger partial charge in [0.25, 0.3) is 5.91 Å². The van der Waals surface area contributed by atoms with Crippen molar-refractivity contribution in [3.8, 4) is 5.75 Å². The number of hydrogen-bond acceptors (Lipinski definition) is 3. The number of anilines is 1. The lowest BCUT2D eigenvalue weighted by Crippen LogP contribution is -2.45. The predicted octanol–water partition coefficient (Wildman–Crippen LogP) is 2.70. The van der Waals surface area contributed by atoms with Crippen LogP contribution in [-0.2, 0) is 4.79 Å². The van der Waals surface area contributed by atoms with E-state index in [4.69, 9.17) is 0 Å². The fraction of sp³-hybridized carbons (Fsp3) is 0.200. The maximum Gasteiger partial charge on any atom is 0.322 e. The van der Waals surface area contributed by atoms with Crippen LogP contribution in [0.4, 0.5) is 10.5 Å². The Balaban J connectivity index is 1.75. The van der Waals surface area contributed by atoms with E-state index in [9.17, 15) is 14.7 Å². The number of nitrogens with one attached hydrogen (secondary N) is 1. The number of phenolic OH excluding ortho intramolecular Hbond substituents is 1. The zero-order chi connectivity index (χ0) is 18.4. The minimum atomic E-state index is -0.530. The topological polar surface area (TPSA) is 72.9 Å². The highest BCUT2D eigenvalue weighted by molar-refractivity contribution is 6.11. The molecule has 4 rings (SSSR count). The van der Waals surface area contributed by atoms with Crippen molar-refractivity contribution < 1.29 is 14.7 Å². The highest BCUT2D eigenvalue weighted by Crippen LogP contribution is 2.37. The second kappa shape index (κ2) is 5.91. The Kier molecular flexibility index (Phi) is 3.68. The van der Waals surface area contributed by atoms with Gasteiger partial charge in [0.2, 0.25) is 0 Å². The second-order valence-electron chi connectivity index (χ2n) is 6.62. The molecule has 0 aromatic heterocycles. The fourth-order valence-electron chi connectivity index (χ4n) is 3.42. The number of likely N-dealkylation sites (N-methyl/N-ethyl adjacent to an activating group) is 1. The van der Waals surface area contributed by atoms with Crippen LogP contribution < -0.4 is 10.2 Å². The monoisotopic (exact) mass is 349 g/mol. The zero-order valence-electron chi connectivity index (χ0n) is 14.6. The van der Waals surface area contributed by atoms with Crippen LogP contribution in [0.3, 0.4) is 0 Å². The molecule has 2 aromatic carbocycles. The Morgan fingerprint density at radius 1 is 1.04 bits per heavy atom. The Morgan fingerprint density at radius 2 is 1.69 bits per heavy atom. The summed E-state index contributed by atoms with van der Waals surface area (Å²) in [6.07, 6.45) is 0. The maximum atomic E-state index is 13.2. The largest absolute Gasteiger partial charge is 0.508 e. The molecule has 2 N–H and O–H groups in total. The van der Waals surface area contributed by atoms with E-state index in [2.05, 4.69) is 5.32 Å². The summed E-state index contributed by atoms with van der Waals surface area (Å²) in [6.45, 7) is 2.35. The van der Waals surface area contributed by atoms with Gasteiger partial charge in [0.1, 0.15) is 5.75 Å². The van der Waals surface area contributed by atoms with Crippen LogP contribution in [0.5, 0.6) is 5.75 Å². The first-order chi connectivity index (χ1) is 12.5. The number of carbonyl (C=O) groups excluding carboxylic acids is 2. The van der Waals surface area contributed by atoms with Gasteiger partial charge >= 0.3 is 6.03 Å². The molecule has 2 aliphatic heterocycles. The van der Waals surface area contributed by atoms with E-state index in [1.807, 2.05) is 31.2 Å². The average molecular weight is 349 g/mol. The lowest BCUT2D eigenvalue weighted by Gasteiger charge is -2.31. The number of hydrogen-bond donors (Lipinski definition) is 2. The number of nitrogens with zero attached hydrogens (tertiary/aromatic N) is 2. The molecular formula is C20H19N3O3. The smallest absolute Gasteiger partial charge is 0.322 e. The number of benzene rings is 2. The third-order valence-electron chi connectivity index (χ3n) is 4.93. The summed E-state index contributed by atoms with van der Waals surface area (Å²) in [4.78, 5) is 28.7. The molecule has 0 fully saturated rings. The Labute approximate surface area is 151 Å². The number of aromatic hydroxyl groups is 1. The van der Waals surface area contributed by atoms with Gasteiger partial charge in [-0.2, -0.15) is 0 Å². The van der Waals surface area contributed by atoms with Gasteiger partial charge < -0.3 is 15.3 Å². The van der Waals surface area contributed by atoms with Gasteiger partial charge in [0.15, 0.2) is 0 Å². The van der Waals surface area contributed by atoms with Crippen molar-refractivity contribution in [3.63, 3.8) is 0 Å². The first kappa shape index (κ1) is 16.2. The van der Waals surface area contributed by atoms with Crippen LogP contribution >= 0.6 is 0 Å². The lowest BCUT2D eigenvalue weighted by molar-refractivity contribution is -0.114. The molecule has 132 valence electrons. The van der Waals surface area contributed by atoms with E-state index in [-0.39, 0.29) is 17.7 Å². The van der Waals surface area contributed by atoms with E-state index in [1.165, 1.54) is 4.90 Å². The van der Waals surface area contributed by atoms with Crippen LogP contribution in [0.15, 0.2) is 59.8 Å². The quantitative estimate of drug-likeness (QED) is 0.876. The number of phenols is 1. The molecule has 0 aliphatic carbocycles. The van der Waals surface area contributed by atoms with E-state index >= 15 is 0 Å². The first-order valence-electron chi connectivity index (χ1n) is 8.40. The van der Waals surface area contributed by atoms with E-state index in [0.717, 1.165) is 16.8 Å². The van der Waals surface area contributed by atoms with Gasteiger partial charge in [0, 0.05) is 12.7 Å². The van der Waals surface area contributed by atoms with Gasteiger partial charge in [-0.3, -0.25) is 9.69 Å². The maximum absolute atomic E-state index is 13.2. The third kappa shape index (κ3) is 2.50. The standard InChI is InChI=1S/C20H19N3O3/c1-12-3-7-14(8-4-12)23-11-16-17(19(23)25)18(21-20(26)22(16)2)13-5-9-15(24)10-6-13/h3-10,18,24H,11H2,1-2H3,(H,21,26)/t18-/m1/s1. The van der Waals surface area contributed by atoms with Crippen LogP contribution in [0.1, 0.15) is 17.2 Å². The minimum absolute atomic E-state index is 0.117. The molecule has 0 saturated carbocycles. The van der Waals surface area contributed by atoms with Crippen molar-refractivity contribution >= 4 is 17.6 Å².